The van der Waals surface area contributed by atoms with Crippen molar-refractivity contribution in [3.05, 3.63) is 22.5 Å². The standard InChI is InChI=1S/C7H7N3O3/c11-4-2-1-3-9-6-7(5-8-9)10(12)13/h5-6,11H,3-4H2. The first kappa shape index (κ1) is 9.22. The molecule has 1 N–H and O–H groups in total. The van der Waals surface area contributed by atoms with Crippen LogP contribution in [0.2, 0.25) is 0 Å². The van der Waals surface area contributed by atoms with Crippen molar-refractivity contribution in [2.24, 2.45) is 0 Å². The normalized spacial score (nSPS) is 9.00. The zero-order valence-corrected chi connectivity index (χ0v) is 6.67. The quantitative estimate of drug-likeness (QED) is 0.388. The summed E-state index contributed by atoms with van der Waals surface area (Å²) in [7, 11) is 0. The van der Waals surface area contributed by atoms with Gasteiger partial charge in [-0.1, -0.05) is 11.8 Å². The number of aliphatic hydroxyl groups is 1. The van der Waals surface area contributed by atoms with Crippen molar-refractivity contribution in [2.45, 2.75) is 6.54 Å². The van der Waals surface area contributed by atoms with Gasteiger partial charge in [-0.2, -0.15) is 5.10 Å². The second-order valence-corrected chi connectivity index (χ2v) is 2.16. The van der Waals surface area contributed by atoms with E-state index in [-0.39, 0.29) is 18.8 Å². The minimum atomic E-state index is -0.525. The molecule has 0 atom stereocenters. The number of nitrogens with zero attached hydrogens (tertiary/aromatic N) is 3. The van der Waals surface area contributed by atoms with Crippen LogP contribution in [0.5, 0.6) is 0 Å². The van der Waals surface area contributed by atoms with E-state index in [0.717, 1.165) is 6.20 Å². The summed E-state index contributed by atoms with van der Waals surface area (Å²) in [5.74, 6) is 4.99. The van der Waals surface area contributed by atoms with Crippen LogP contribution in [-0.2, 0) is 6.54 Å². The summed E-state index contributed by atoms with van der Waals surface area (Å²) in [4.78, 5) is 9.70. The van der Waals surface area contributed by atoms with E-state index >= 15 is 0 Å². The Balaban J connectivity index is 2.64. The van der Waals surface area contributed by atoms with Crippen LogP contribution in [0, 0.1) is 22.0 Å². The molecule has 6 heteroatoms. The van der Waals surface area contributed by atoms with Gasteiger partial charge in [0.25, 0.3) is 0 Å². The fraction of sp³-hybridized carbons (Fsp3) is 0.286. The summed E-state index contributed by atoms with van der Waals surface area (Å²) >= 11 is 0. The Hall–Kier alpha value is -1.87. The molecule has 0 radical (unpaired) electrons. The molecule has 0 fully saturated rings. The van der Waals surface area contributed by atoms with Gasteiger partial charge in [0.2, 0.25) is 0 Å². The highest BCUT2D eigenvalue weighted by molar-refractivity contribution is 5.21. The minimum absolute atomic E-state index is 0.0641. The Morgan fingerprint density at radius 1 is 1.69 bits per heavy atom. The number of nitro groups is 1. The van der Waals surface area contributed by atoms with Crippen LogP contribution in [0.25, 0.3) is 0 Å². The average molecular weight is 181 g/mol. The predicted octanol–water partition coefficient (Wildman–Crippen LogP) is -0.213. The minimum Gasteiger partial charge on any atom is -0.384 e. The van der Waals surface area contributed by atoms with Gasteiger partial charge in [0.15, 0.2) is 0 Å². The third-order valence-electron chi connectivity index (χ3n) is 1.28. The molecule has 0 aliphatic carbocycles. The van der Waals surface area contributed by atoms with Crippen LogP contribution in [0.4, 0.5) is 5.69 Å². The van der Waals surface area contributed by atoms with Gasteiger partial charge in [0.1, 0.15) is 25.5 Å². The largest absolute Gasteiger partial charge is 0.384 e. The van der Waals surface area contributed by atoms with Crippen molar-refractivity contribution in [2.75, 3.05) is 6.61 Å². The smallest absolute Gasteiger partial charge is 0.307 e. The van der Waals surface area contributed by atoms with Crippen LogP contribution < -0.4 is 0 Å². The summed E-state index contributed by atoms with van der Waals surface area (Å²) in [6.07, 6.45) is 2.44. The van der Waals surface area contributed by atoms with Crippen molar-refractivity contribution in [1.29, 1.82) is 0 Å². The summed E-state index contributed by atoms with van der Waals surface area (Å²) in [6.45, 7) is 0.0256. The average Bonchev–Trinajstić information content (AvgIpc) is 2.53. The van der Waals surface area contributed by atoms with Gasteiger partial charge in [0, 0.05) is 0 Å². The molecule has 0 aliphatic rings. The molecule has 0 spiro atoms. The molecule has 6 nitrogen and oxygen atoms in total. The molecule has 1 aromatic heterocycles. The van der Waals surface area contributed by atoms with E-state index < -0.39 is 4.92 Å². The lowest BCUT2D eigenvalue weighted by Crippen LogP contribution is -1.95. The van der Waals surface area contributed by atoms with Crippen molar-refractivity contribution >= 4 is 5.69 Å². The lowest BCUT2D eigenvalue weighted by atomic mass is 10.5. The Kier molecular flexibility index (Phi) is 3.00. The molecule has 1 heterocycles. The molecule has 0 saturated carbocycles. The number of rotatable bonds is 2. The van der Waals surface area contributed by atoms with E-state index in [9.17, 15) is 10.1 Å². The van der Waals surface area contributed by atoms with Crippen LogP contribution in [0.3, 0.4) is 0 Å². The molecular weight excluding hydrogens is 174 g/mol. The van der Waals surface area contributed by atoms with Gasteiger partial charge in [-0.3, -0.25) is 14.8 Å². The van der Waals surface area contributed by atoms with Gasteiger partial charge in [-0.05, 0) is 0 Å². The maximum Gasteiger partial charge on any atom is 0.307 e. The maximum atomic E-state index is 10.2. The highest BCUT2D eigenvalue weighted by Crippen LogP contribution is 2.06. The molecular formula is C7H7N3O3. The van der Waals surface area contributed by atoms with Crippen molar-refractivity contribution in [1.82, 2.24) is 9.78 Å². The van der Waals surface area contributed by atoms with Crippen LogP contribution in [-0.4, -0.2) is 26.4 Å². The third-order valence-corrected chi connectivity index (χ3v) is 1.28. The molecule has 0 bridgehead atoms. The lowest BCUT2D eigenvalue weighted by molar-refractivity contribution is -0.385. The van der Waals surface area contributed by atoms with E-state index in [4.69, 9.17) is 5.11 Å². The molecule has 68 valence electrons. The zero-order chi connectivity index (χ0) is 9.68. The van der Waals surface area contributed by atoms with Crippen LogP contribution in [0.15, 0.2) is 12.4 Å². The fourth-order valence-corrected chi connectivity index (χ4v) is 0.726. The van der Waals surface area contributed by atoms with E-state index in [2.05, 4.69) is 16.9 Å². The fourth-order valence-electron chi connectivity index (χ4n) is 0.726. The maximum absolute atomic E-state index is 10.2. The highest BCUT2D eigenvalue weighted by atomic mass is 16.6. The first-order chi connectivity index (χ1) is 6.24. The second-order valence-electron chi connectivity index (χ2n) is 2.16. The predicted molar refractivity (Wildman–Crippen MR) is 43.7 cm³/mol. The Morgan fingerprint density at radius 3 is 3.00 bits per heavy atom. The Morgan fingerprint density at radius 2 is 2.46 bits per heavy atom. The van der Waals surface area contributed by atoms with Gasteiger partial charge >= 0.3 is 5.69 Å². The van der Waals surface area contributed by atoms with E-state index in [1.165, 1.54) is 10.9 Å². The number of hydrogen-bond donors (Lipinski definition) is 1. The molecule has 1 aromatic rings. The lowest BCUT2D eigenvalue weighted by Gasteiger charge is -1.88. The van der Waals surface area contributed by atoms with Crippen molar-refractivity contribution in [3.63, 3.8) is 0 Å². The van der Waals surface area contributed by atoms with Gasteiger partial charge in [-0.15, -0.1) is 0 Å². The zero-order valence-electron chi connectivity index (χ0n) is 6.67. The first-order valence-corrected chi connectivity index (χ1v) is 3.47. The van der Waals surface area contributed by atoms with E-state index in [1.54, 1.807) is 0 Å². The molecule has 0 aromatic carbocycles. The Labute approximate surface area is 73.9 Å². The van der Waals surface area contributed by atoms with E-state index in [1.807, 2.05) is 0 Å². The summed E-state index contributed by atoms with van der Waals surface area (Å²) < 4.78 is 1.33. The van der Waals surface area contributed by atoms with E-state index in [0.29, 0.717) is 0 Å². The summed E-state index contributed by atoms with van der Waals surface area (Å²) in [6, 6.07) is 0. The topological polar surface area (TPSA) is 81.2 Å². The number of aromatic nitrogens is 2. The van der Waals surface area contributed by atoms with Gasteiger partial charge in [-0.25, -0.2) is 0 Å². The van der Waals surface area contributed by atoms with Gasteiger partial charge < -0.3 is 5.11 Å². The molecule has 1 rings (SSSR count). The second kappa shape index (κ2) is 4.23. The van der Waals surface area contributed by atoms with Gasteiger partial charge in [0.05, 0.1) is 4.92 Å². The molecule has 0 aliphatic heterocycles. The molecule has 0 amide bonds. The first-order valence-electron chi connectivity index (χ1n) is 3.47. The summed E-state index contributed by atoms with van der Waals surface area (Å²) in [5.41, 5.74) is -0.0641. The summed E-state index contributed by atoms with van der Waals surface area (Å²) in [5, 5.41) is 22.2. The monoisotopic (exact) mass is 181 g/mol. The van der Waals surface area contributed by atoms with Crippen LogP contribution in [0.1, 0.15) is 0 Å². The molecule has 13 heavy (non-hydrogen) atoms. The van der Waals surface area contributed by atoms with Crippen LogP contribution >= 0.6 is 0 Å². The van der Waals surface area contributed by atoms with Crippen molar-refractivity contribution < 1.29 is 10.0 Å². The molecule has 0 saturated heterocycles. The Bertz CT molecular complexity index is 361. The number of aliphatic hydroxyl groups excluding tert-OH is 1. The SMILES string of the molecule is O=[N+]([O-])c1cnn(CC#CCO)c1. The number of hydrogen-bond acceptors (Lipinski definition) is 4. The van der Waals surface area contributed by atoms with Crippen molar-refractivity contribution in [3.8, 4) is 11.8 Å². The molecule has 0 unspecified atom stereocenters. The third kappa shape index (κ3) is 2.57. The highest BCUT2D eigenvalue weighted by Gasteiger charge is 2.06.